The summed E-state index contributed by atoms with van der Waals surface area (Å²) in [6.45, 7) is 0.904. The van der Waals surface area contributed by atoms with Crippen molar-refractivity contribution in [2.45, 2.75) is 23.7 Å². The zero-order valence-corrected chi connectivity index (χ0v) is 16.2. The number of aromatic nitrogens is 1. The summed E-state index contributed by atoms with van der Waals surface area (Å²) in [5.41, 5.74) is 6.48. The number of primary amides is 1. The highest BCUT2D eigenvalue weighted by Gasteiger charge is 2.32. The molecule has 0 saturated carbocycles. The van der Waals surface area contributed by atoms with E-state index < -0.39 is 15.9 Å². The van der Waals surface area contributed by atoms with Crippen LogP contribution in [0.2, 0.25) is 0 Å². The molecule has 140 valence electrons. The van der Waals surface area contributed by atoms with E-state index >= 15 is 0 Å². The third kappa shape index (κ3) is 3.47. The number of thiazole rings is 1. The van der Waals surface area contributed by atoms with E-state index in [4.69, 9.17) is 10.7 Å². The predicted molar refractivity (Wildman–Crippen MR) is 105 cm³/mol. The van der Waals surface area contributed by atoms with Crippen molar-refractivity contribution in [2.24, 2.45) is 5.73 Å². The Morgan fingerprint density at radius 3 is 2.59 bits per heavy atom. The number of piperidine rings is 1. The third-order valence-electron chi connectivity index (χ3n) is 4.82. The van der Waals surface area contributed by atoms with Gasteiger partial charge in [-0.3, -0.25) is 4.79 Å². The molecule has 1 aromatic heterocycles. The topological polar surface area (TPSA) is 93.4 Å². The number of rotatable bonds is 4. The van der Waals surface area contributed by atoms with Gasteiger partial charge in [0.2, 0.25) is 15.9 Å². The fourth-order valence-corrected chi connectivity index (χ4v) is 5.98. The first-order valence-corrected chi connectivity index (χ1v) is 11.0. The van der Waals surface area contributed by atoms with Crippen molar-refractivity contribution in [2.75, 3.05) is 13.1 Å². The van der Waals surface area contributed by atoms with Crippen LogP contribution >= 0.6 is 11.3 Å². The Labute approximate surface area is 161 Å². The van der Waals surface area contributed by atoms with Crippen LogP contribution in [0.25, 0.3) is 10.2 Å². The number of fused-ring (bicyclic) bond motifs is 1. The molecule has 27 heavy (non-hydrogen) atoms. The van der Waals surface area contributed by atoms with Crippen LogP contribution in [0.4, 0.5) is 0 Å². The van der Waals surface area contributed by atoms with Gasteiger partial charge in [-0.2, -0.15) is 4.31 Å². The van der Waals surface area contributed by atoms with Crippen LogP contribution in [-0.2, 0) is 10.0 Å². The second kappa shape index (κ2) is 7.03. The van der Waals surface area contributed by atoms with Gasteiger partial charge in [0.25, 0.3) is 0 Å². The van der Waals surface area contributed by atoms with Gasteiger partial charge in [-0.25, -0.2) is 13.4 Å². The molecule has 1 amide bonds. The number of nitrogens with zero attached hydrogens (tertiary/aromatic N) is 2. The number of amides is 1. The number of hydrogen-bond acceptors (Lipinski definition) is 5. The maximum absolute atomic E-state index is 13.0. The summed E-state index contributed by atoms with van der Waals surface area (Å²) in [5, 5.41) is 0.986. The van der Waals surface area contributed by atoms with Crippen LogP contribution in [0, 0.1) is 0 Å². The summed E-state index contributed by atoms with van der Waals surface area (Å²) in [6, 6.07) is 13.7. The Balaban J connectivity index is 1.58. The van der Waals surface area contributed by atoms with Crippen LogP contribution in [0.5, 0.6) is 0 Å². The van der Waals surface area contributed by atoms with Crippen LogP contribution < -0.4 is 5.73 Å². The maximum atomic E-state index is 13.0. The smallest absolute Gasteiger partial charge is 0.248 e. The average Bonchev–Trinajstić information content (AvgIpc) is 3.12. The quantitative estimate of drug-likeness (QED) is 0.727. The Hall–Kier alpha value is -2.29. The summed E-state index contributed by atoms with van der Waals surface area (Å²) < 4.78 is 28.7. The largest absolute Gasteiger partial charge is 0.366 e. The van der Waals surface area contributed by atoms with Gasteiger partial charge < -0.3 is 5.73 Å². The normalized spacial score (nSPS) is 18.6. The molecule has 1 atom stereocenters. The standard InChI is InChI=1S/C19H19N3O3S2/c20-18(23)13-7-9-15(10-8-13)27(24,25)22-11-3-4-14(12-22)19-21-16-5-1-2-6-17(16)26-19/h1-2,5-10,14H,3-4,11-12H2,(H2,20,23)/t14-/m0/s1. The lowest BCUT2D eigenvalue weighted by atomic mass is 10.0. The Morgan fingerprint density at radius 1 is 1.15 bits per heavy atom. The van der Waals surface area contributed by atoms with Crippen LogP contribution in [0.3, 0.4) is 0 Å². The number of carbonyl (C=O) groups is 1. The van der Waals surface area contributed by atoms with Gasteiger partial charge in [-0.1, -0.05) is 12.1 Å². The molecule has 0 aliphatic carbocycles. The number of sulfonamides is 1. The average molecular weight is 402 g/mol. The molecule has 3 aromatic rings. The fourth-order valence-electron chi connectivity index (χ4n) is 3.37. The highest BCUT2D eigenvalue weighted by molar-refractivity contribution is 7.89. The number of nitrogens with two attached hydrogens (primary N) is 1. The van der Waals surface area contributed by atoms with Crippen molar-refractivity contribution in [1.29, 1.82) is 0 Å². The molecule has 2 aromatic carbocycles. The van der Waals surface area contributed by atoms with E-state index in [1.807, 2.05) is 24.3 Å². The SMILES string of the molecule is NC(=O)c1ccc(S(=O)(=O)N2CCC[C@H](c3nc4ccccc4s3)C2)cc1. The summed E-state index contributed by atoms with van der Waals surface area (Å²) >= 11 is 1.63. The highest BCUT2D eigenvalue weighted by atomic mass is 32.2. The Kier molecular flexibility index (Phi) is 4.71. The second-order valence-corrected chi connectivity index (χ2v) is 9.61. The van der Waals surface area contributed by atoms with Crippen molar-refractivity contribution in [3.63, 3.8) is 0 Å². The van der Waals surface area contributed by atoms with Crippen molar-refractivity contribution in [1.82, 2.24) is 9.29 Å². The molecule has 4 rings (SSSR count). The number of benzene rings is 2. The number of carbonyl (C=O) groups excluding carboxylic acids is 1. The van der Waals surface area contributed by atoms with Gasteiger partial charge in [0.15, 0.2) is 0 Å². The first-order valence-electron chi connectivity index (χ1n) is 8.70. The van der Waals surface area contributed by atoms with Gasteiger partial charge in [-0.05, 0) is 49.2 Å². The van der Waals surface area contributed by atoms with E-state index in [-0.39, 0.29) is 10.8 Å². The molecule has 2 heterocycles. The van der Waals surface area contributed by atoms with E-state index in [1.165, 1.54) is 28.6 Å². The highest BCUT2D eigenvalue weighted by Crippen LogP contribution is 2.34. The minimum Gasteiger partial charge on any atom is -0.366 e. The lowest BCUT2D eigenvalue weighted by molar-refractivity contribution is 0.1000. The van der Waals surface area contributed by atoms with E-state index in [9.17, 15) is 13.2 Å². The molecule has 0 unspecified atom stereocenters. The van der Waals surface area contributed by atoms with Crippen LogP contribution in [0.15, 0.2) is 53.4 Å². The Morgan fingerprint density at radius 2 is 1.89 bits per heavy atom. The maximum Gasteiger partial charge on any atom is 0.248 e. The first kappa shape index (κ1) is 18.1. The molecule has 1 fully saturated rings. The van der Waals surface area contributed by atoms with E-state index in [0.29, 0.717) is 18.7 Å². The van der Waals surface area contributed by atoms with Gasteiger partial charge in [0.1, 0.15) is 0 Å². The summed E-state index contributed by atoms with van der Waals surface area (Å²) in [7, 11) is -3.62. The van der Waals surface area contributed by atoms with Crippen molar-refractivity contribution >= 4 is 37.5 Å². The summed E-state index contributed by atoms with van der Waals surface area (Å²) in [4.78, 5) is 16.1. The molecule has 2 N–H and O–H groups in total. The van der Waals surface area contributed by atoms with Crippen molar-refractivity contribution < 1.29 is 13.2 Å². The molecule has 8 heteroatoms. The van der Waals surface area contributed by atoms with Gasteiger partial charge in [0, 0.05) is 24.6 Å². The molecule has 0 spiro atoms. The second-order valence-electron chi connectivity index (χ2n) is 6.61. The molecular formula is C19H19N3O3S2. The number of hydrogen-bond donors (Lipinski definition) is 1. The first-order chi connectivity index (χ1) is 12.9. The molecule has 0 radical (unpaired) electrons. The van der Waals surface area contributed by atoms with Gasteiger partial charge in [0.05, 0.1) is 20.1 Å². The molecular weight excluding hydrogens is 382 g/mol. The third-order valence-corrected chi connectivity index (χ3v) is 7.90. The van der Waals surface area contributed by atoms with E-state index in [2.05, 4.69) is 0 Å². The zero-order valence-electron chi connectivity index (χ0n) is 14.5. The zero-order chi connectivity index (χ0) is 19.0. The summed E-state index contributed by atoms with van der Waals surface area (Å²) in [6.07, 6.45) is 1.71. The van der Waals surface area contributed by atoms with Gasteiger partial charge in [-0.15, -0.1) is 11.3 Å². The van der Waals surface area contributed by atoms with Crippen LogP contribution in [0.1, 0.15) is 34.1 Å². The van der Waals surface area contributed by atoms with E-state index in [0.717, 1.165) is 28.1 Å². The lowest BCUT2D eigenvalue weighted by Gasteiger charge is -2.31. The molecule has 1 aliphatic rings. The Bertz CT molecular complexity index is 1060. The van der Waals surface area contributed by atoms with Crippen molar-refractivity contribution in [3.8, 4) is 0 Å². The molecule has 1 aliphatic heterocycles. The minimum atomic E-state index is -3.62. The van der Waals surface area contributed by atoms with Crippen molar-refractivity contribution in [3.05, 3.63) is 59.1 Å². The van der Waals surface area contributed by atoms with Crippen LogP contribution in [-0.4, -0.2) is 36.7 Å². The molecule has 0 bridgehead atoms. The minimum absolute atomic E-state index is 0.0933. The predicted octanol–water partition coefficient (Wildman–Crippen LogP) is 2.96. The molecule has 1 saturated heterocycles. The number of para-hydroxylation sites is 1. The lowest BCUT2D eigenvalue weighted by Crippen LogP contribution is -2.39. The fraction of sp³-hybridized carbons (Fsp3) is 0.263. The van der Waals surface area contributed by atoms with E-state index in [1.54, 1.807) is 11.3 Å². The summed E-state index contributed by atoms with van der Waals surface area (Å²) in [5.74, 6) is -0.483. The monoisotopic (exact) mass is 401 g/mol. The van der Waals surface area contributed by atoms with Gasteiger partial charge >= 0.3 is 0 Å². The molecule has 6 nitrogen and oxygen atoms in total.